The van der Waals surface area contributed by atoms with Gasteiger partial charge in [-0.25, -0.2) is 10.4 Å². The molecular weight excluding hydrogens is 254 g/mol. The van der Waals surface area contributed by atoms with E-state index in [1.165, 1.54) is 5.01 Å². The highest BCUT2D eigenvalue weighted by Gasteiger charge is 2.23. The van der Waals surface area contributed by atoms with Crippen molar-refractivity contribution in [3.63, 3.8) is 0 Å². The summed E-state index contributed by atoms with van der Waals surface area (Å²) in [6.45, 7) is 5.70. The van der Waals surface area contributed by atoms with Crippen molar-refractivity contribution >= 4 is 17.4 Å². The Morgan fingerprint density at radius 1 is 1.35 bits per heavy atom. The van der Waals surface area contributed by atoms with Crippen molar-refractivity contribution in [2.75, 3.05) is 10.7 Å². The van der Waals surface area contributed by atoms with Crippen LogP contribution >= 0.6 is 0 Å². The second-order valence-electron chi connectivity index (χ2n) is 4.87. The molecule has 0 saturated heterocycles. The lowest BCUT2D eigenvalue weighted by Crippen LogP contribution is -2.47. The molecular formula is C14H19N5O. The fourth-order valence-corrected chi connectivity index (χ4v) is 1.81. The zero-order valence-corrected chi connectivity index (χ0v) is 11.8. The van der Waals surface area contributed by atoms with Crippen LogP contribution in [-0.2, 0) is 0 Å². The van der Waals surface area contributed by atoms with Gasteiger partial charge < -0.3 is 5.73 Å². The lowest BCUT2D eigenvalue weighted by molar-refractivity contribution is 0.0965. The van der Waals surface area contributed by atoms with Crippen LogP contribution in [0.15, 0.2) is 30.3 Å². The number of hydrazine groups is 1. The molecule has 0 aliphatic rings. The number of hydrogen-bond donors (Lipinski definition) is 3. The molecule has 0 aliphatic heterocycles. The number of aromatic nitrogens is 2. The molecule has 0 fully saturated rings. The van der Waals surface area contributed by atoms with Gasteiger partial charge in [-0.05, 0) is 32.9 Å². The van der Waals surface area contributed by atoms with Crippen molar-refractivity contribution in [3.8, 4) is 0 Å². The van der Waals surface area contributed by atoms with E-state index in [2.05, 4.69) is 15.6 Å². The molecule has 0 unspecified atom stereocenters. The van der Waals surface area contributed by atoms with E-state index in [0.717, 1.165) is 5.69 Å². The summed E-state index contributed by atoms with van der Waals surface area (Å²) in [4.78, 5) is 12.6. The minimum Gasteiger partial charge on any atom is -0.384 e. The third kappa shape index (κ3) is 2.80. The van der Waals surface area contributed by atoms with Crippen molar-refractivity contribution in [2.45, 2.75) is 26.8 Å². The molecule has 1 aromatic carbocycles. The molecule has 0 saturated carbocycles. The maximum atomic E-state index is 12.6. The Bertz CT molecular complexity index is 591. The number of rotatable bonds is 4. The molecule has 0 radical (unpaired) electrons. The van der Waals surface area contributed by atoms with E-state index in [-0.39, 0.29) is 11.9 Å². The molecule has 1 heterocycles. The Kier molecular flexibility index (Phi) is 4.05. The van der Waals surface area contributed by atoms with E-state index in [9.17, 15) is 4.79 Å². The highest BCUT2D eigenvalue weighted by Crippen LogP contribution is 2.18. The standard InChI is InChI=1S/C14H19N5O/c1-9(2)18-19(11-7-5-4-6-8-11)14(20)12-10(3)13(15)17-16-12/h4-9,18H,1-3H3,(H3,15,16,17). The number of benzene rings is 1. The number of hydrogen-bond acceptors (Lipinski definition) is 4. The highest BCUT2D eigenvalue weighted by molar-refractivity contribution is 6.05. The maximum absolute atomic E-state index is 12.6. The van der Waals surface area contributed by atoms with Crippen LogP contribution in [0.5, 0.6) is 0 Å². The number of para-hydroxylation sites is 1. The third-order valence-corrected chi connectivity index (χ3v) is 2.85. The average Bonchev–Trinajstić information content (AvgIpc) is 2.76. The summed E-state index contributed by atoms with van der Waals surface area (Å²) in [5.41, 5.74) is 10.6. The number of carbonyl (C=O) groups excluding carboxylic acids is 1. The van der Waals surface area contributed by atoms with Gasteiger partial charge >= 0.3 is 0 Å². The fourth-order valence-electron chi connectivity index (χ4n) is 1.81. The molecule has 0 atom stereocenters. The fraction of sp³-hybridized carbons (Fsp3) is 0.286. The number of aromatic amines is 1. The minimum absolute atomic E-state index is 0.107. The van der Waals surface area contributed by atoms with Gasteiger partial charge in [0.25, 0.3) is 5.91 Å². The molecule has 106 valence electrons. The number of nitrogens with two attached hydrogens (primary N) is 1. The first-order valence-electron chi connectivity index (χ1n) is 6.46. The first-order chi connectivity index (χ1) is 9.50. The van der Waals surface area contributed by atoms with Gasteiger partial charge in [-0.1, -0.05) is 18.2 Å². The summed E-state index contributed by atoms with van der Waals surface area (Å²) >= 11 is 0. The lowest BCUT2D eigenvalue weighted by atomic mass is 10.2. The van der Waals surface area contributed by atoms with Crippen LogP contribution in [0.3, 0.4) is 0 Å². The molecule has 2 rings (SSSR count). The molecule has 1 amide bonds. The maximum Gasteiger partial charge on any atom is 0.293 e. The molecule has 0 bridgehead atoms. The molecule has 6 nitrogen and oxygen atoms in total. The van der Waals surface area contributed by atoms with Crippen molar-refractivity contribution in [3.05, 3.63) is 41.6 Å². The molecule has 6 heteroatoms. The zero-order chi connectivity index (χ0) is 14.7. The number of carbonyl (C=O) groups is 1. The van der Waals surface area contributed by atoms with Crippen LogP contribution in [0.1, 0.15) is 29.9 Å². The summed E-state index contributed by atoms with van der Waals surface area (Å²) in [6, 6.07) is 9.49. The van der Waals surface area contributed by atoms with E-state index < -0.39 is 0 Å². The van der Waals surface area contributed by atoms with Crippen molar-refractivity contribution < 1.29 is 4.79 Å². The second-order valence-corrected chi connectivity index (χ2v) is 4.87. The zero-order valence-electron chi connectivity index (χ0n) is 11.8. The molecule has 20 heavy (non-hydrogen) atoms. The summed E-state index contributed by atoms with van der Waals surface area (Å²) in [7, 11) is 0. The summed E-state index contributed by atoms with van der Waals surface area (Å²) in [5.74, 6) is 0.168. The highest BCUT2D eigenvalue weighted by atomic mass is 16.2. The van der Waals surface area contributed by atoms with Gasteiger partial charge in [0.15, 0.2) is 5.69 Å². The number of nitrogen functional groups attached to an aromatic ring is 1. The average molecular weight is 273 g/mol. The number of nitrogens with zero attached hydrogens (tertiary/aromatic N) is 2. The van der Waals surface area contributed by atoms with Crippen LogP contribution in [0.4, 0.5) is 11.5 Å². The smallest absolute Gasteiger partial charge is 0.293 e. The van der Waals surface area contributed by atoms with Crippen LogP contribution in [0.2, 0.25) is 0 Å². The van der Waals surface area contributed by atoms with Gasteiger partial charge in [-0.3, -0.25) is 9.89 Å². The Labute approximate surface area is 117 Å². The quantitative estimate of drug-likeness (QED) is 0.742. The summed E-state index contributed by atoms with van der Waals surface area (Å²) in [6.07, 6.45) is 0. The van der Waals surface area contributed by atoms with Gasteiger partial charge in [0, 0.05) is 11.6 Å². The van der Waals surface area contributed by atoms with Gasteiger partial charge in [-0.2, -0.15) is 5.10 Å². The molecule has 2 aromatic rings. The topological polar surface area (TPSA) is 87.0 Å². The first-order valence-corrected chi connectivity index (χ1v) is 6.46. The van der Waals surface area contributed by atoms with Gasteiger partial charge in [0.1, 0.15) is 5.82 Å². The Morgan fingerprint density at radius 2 is 2.00 bits per heavy atom. The monoisotopic (exact) mass is 273 g/mol. The Hall–Kier alpha value is -2.34. The minimum atomic E-state index is -0.240. The van der Waals surface area contributed by atoms with Gasteiger partial charge in [-0.15, -0.1) is 0 Å². The second kappa shape index (κ2) is 5.75. The number of amides is 1. The van der Waals surface area contributed by atoms with E-state index in [4.69, 9.17) is 5.73 Å². The van der Waals surface area contributed by atoms with Crippen molar-refractivity contribution in [1.29, 1.82) is 0 Å². The van der Waals surface area contributed by atoms with Gasteiger partial charge in [0.05, 0.1) is 5.69 Å². The third-order valence-electron chi connectivity index (χ3n) is 2.85. The normalized spacial score (nSPS) is 10.8. The Morgan fingerprint density at radius 3 is 2.50 bits per heavy atom. The largest absolute Gasteiger partial charge is 0.384 e. The van der Waals surface area contributed by atoms with E-state index in [1.807, 2.05) is 44.2 Å². The van der Waals surface area contributed by atoms with Crippen LogP contribution < -0.4 is 16.2 Å². The van der Waals surface area contributed by atoms with Crippen molar-refractivity contribution in [2.24, 2.45) is 0 Å². The predicted octanol–water partition coefficient (Wildman–Crippen LogP) is 1.86. The number of anilines is 2. The molecule has 1 aromatic heterocycles. The van der Waals surface area contributed by atoms with E-state index in [1.54, 1.807) is 6.92 Å². The first kappa shape index (κ1) is 14.1. The molecule has 0 aliphatic carbocycles. The number of H-pyrrole nitrogens is 1. The number of nitrogens with one attached hydrogen (secondary N) is 2. The van der Waals surface area contributed by atoms with Gasteiger partial charge in [0.2, 0.25) is 0 Å². The van der Waals surface area contributed by atoms with E-state index >= 15 is 0 Å². The molecule has 0 spiro atoms. The van der Waals surface area contributed by atoms with E-state index in [0.29, 0.717) is 17.1 Å². The summed E-state index contributed by atoms with van der Waals surface area (Å²) in [5, 5.41) is 8.11. The predicted molar refractivity (Wildman–Crippen MR) is 79.3 cm³/mol. The Balaban J connectivity index is 2.37. The van der Waals surface area contributed by atoms with Crippen LogP contribution in [-0.4, -0.2) is 22.1 Å². The molecule has 4 N–H and O–H groups in total. The lowest BCUT2D eigenvalue weighted by Gasteiger charge is -2.25. The SMILES string of the molecule is Cc1c(C(=O)N(NC(C)C)c2ccccc2)n[nH]c1N. The summed E-state index contributed by atoms with van der Waals surface area (Å²) < 4.78 is 0. The van der Waals surface area contributed by atoms with Crippen molar-refractivity contribution in [1.82, 2.24) is 15.6 Å². The van der Waals surface area contributed by atoms with Crippen LogP contribution in [0, 0.1) is 6.92 Å². The van der Waals surface area contributed by atoms with Crippen LogP contribution in [0.25, 0.3) is 0 Å².